The Labute approximate surface area is 149 Å². The highest BCUT2D eigenvalue weighted by atomic mass is 16.5. The number of hydrogen-bond acceptors (Lipinski definition) is 2. The SMILES string of the molecule is C=C/C(C#Cc1ccc(C(=C)OC)cc1)=C\C=C(/C)c1ccccn1. The summed E-state index contributed by atoms with van der Waals surface area (Å²) in [5, 5.41) is 0. The van der Waals surface area contributed by atoms with Gasteiger partial charge >= 0.3 is 0 Å². The van der Waals surface area contributed by atoms with Gasteiger partial charge in [-0.25, -0.2) is 0 Å². The van der Waals surface area contributed by atoms with Crippen LogP contribution in [0, 0.1) is 11.8 Å². The first-order chi connectivity index (χ1) is 12.1. The van der Waals surface area contributed by atoms with Crippen LogP contribution in [-0.4, -0.2) is 12.1 Å². The Hall–Kier alpha value is -3.31. The topological polar surface area (TPSA) is 22.1 Å². The van der Waals surface area contributed by atoms with Gasteiger partial charge in [0.1, 0.15) is 5.76 Å². The van der Waals surface area contributed by atoms with Gasteiger partial charge in [0.25, 0.3) is 0 Å². The molecule has 0 unspecified atom stereocenters. The van der Waals surface area contributed by atoms with Crippen molar-refractivity contribution in [1.82, 2.24) is 4.98 Å². The lowest BCUT2D eigenvalue weighted by atomic mass is 10.1. The van der Waals surface area contributed by atoms with Crippen LogP contribution < -0.4 is 0 Å². The van der Waals surface area contributed by atoms with E-state index in [0.717, 1.165) is 28.0 Å². The van der Waals surface area contributed by atoms with Crippen molar-refractivity contribution >= 4 is 11.3 Å². The van der Waals surface area contributed by atoms with Crippen molar-refractivity contribution in [3.8, 4) is 11.8 Å². The van der Waals surface area contributed by atoms with Gasteiger partial charge in [0.15, 0.2) is 0 Å². The molecule has 0 bridgehead atoms. The Balaban J connectivity index is 2.16. The van der Waals surface area contributed by atoms with E-state index in [0.29, 0.717) is 5.76 Å². The Morgan fingerprint density at radius 2 is 1.88 bits per heavy atom. The lowest BCUT2D eigenvalue weighted by Crippen LogP contribution is -1.85. The third-order valence-corrected chi connectivity index (χ3v) is 3.61. The lowest BCUT2D eigenvalue weighted by molar-refractivity contribution is 0.371. The van der Waals surface area contributed by atoms with Gasteiger partial charge in [-0.1, -0.05) is 55.3 Å². The van der Waals surface area contributed by atoms with Gasteiger partial charge in [-0.05, 0) is 42.8 Å². The minimum atomic E-state index is 0.640. The number of rotatable bonds is 5. The summed E-state index contributed by atoms with van der Waals surface area (Å²) < 4.78 is 5.12. The van der Waals surface area contributed by atoms with Gasteiger partial charge in [-0.3, -0.25) is 4.98 Å². The number of hydrogen-bond donors (Lipinski definition) is 0. The highest BCUT2D eigenvalue weighted by molar-refractivity contribution is 5.63. The maximum atomic E-state index is 5.12. The monoisotopic (exact) mass is 327 g/mol. The normalized spacial score (nSPS) is 11.3. The zero-order valence-electron chi connectivity index (χ0n) is 14.6. The van der Waals surface area contributed by atoms with Crippen LogP contribution in [-0.2, 0) is 4.74 Å². The van der Waals surface area contributed by atoms with Gasteiger partial charge in [0, 0.05) is 22.9 Å². The highest BCUT2D eigenvalue weighted by Crippen LogP contribution is 2.13. The van der Waals surface area contributed by atoms with Gasteiger partial charge in [-0.15, -0.1) is 0 Å². The number of methoxy groups -OCH3 is 1. The Kier molecular flexibility index (Phi) is 6.56. The van der Waals surface area contributed by atoms with E-state index in [9.17, 15) is 0 Å². The molecule has 25 heavy (non-hydrogen) atoms. The van der Waals surface area contributed by atoms with Crippen molar-refractivity contribution in [2.75, 3.05) is 7.11 Å². The number of benzene rings is 1. The summed E-state index contributed by atoms with van der Waals surface area (Å²) in [6.45, 7) is 9.68. The molecular weight excluding hydrogens is 306 g/mol. The molecule has 1 heterocycles. The molecule has 0 aliphatic heterocycles. The zero-order valence-corrected chi connectivity index (χ0v) is 14.6. The maximum absolute atomic E-state index is 5.12. The Bertz CT molecular complexity index is 860. The summed E-state index contributed by atoms with van der Waals surface area (Å²) in [6, 6.07) is 13.6. The first kappa shape index (κ1) is 18.0. The van der Waals surface area contributed by atoms with Crippen molar-refractivity contribution in [3.05, 3.63) is 102 Å². The molecule has 2 nitrogen and oxygen atoms in total. The lowest BCUT2D eigenvalue weighted by Gasteiger charge is -2.03. The molecule has 0 N–H and O–H groups in total. The molecule has 124 valence electrons. The third kappa shape index (κ3) is 5.37. The molecule has 0 atom stereocenters. The van der Waals surface area contributed by atoms with E-state index >= 15 is 0 Å². The fraction of sp³-hybridized carbons (Fsp3) is 0.0870. The number of allylic oxidation sites excluding steroid dienone is 5. The molecule has 1 aromatic carbocycles. The van der Waals surface area contributed by atoms with E-state index in [1.54, 1.807) is 19.4 Å². The number of pyridine rings is 1. The smallest absolute Gasteiger partial charge is 0.118 e. The van der Waals surface area contributed by atoms with Crippen molar-refractivity contribution in [3.63, 3.8) is 0 Å². The molecular formula is C23H21NO. The fourth-order valence-electron chi connectivity index (χ4n) is 2.06. The highest BCUT2D eigenvalue weighted by Gasteiger charge is 1.97. The van der Waals surface area contributed by atoms with E-state index in [-0.39, 0.29) is 0 Å². The molecule has 0 radical (unpaired) electrons. The molecule has 0 aliphatic rings. The number of aromatic nitrogens is 1. The summed E-state index contributed by atoms with van der Waals surface area (Å²) in [5.74, 6) is 6.91. The van der Waals surface area contributed by atoms with Crippen molar-refractivity contribution < 1.29 is 4.74 Å². The summed E-state index contributed by atoms with van der Waals surface area (Å²) in [4.78, 5) is 4.33. The van der Waals surface area contributed by atoms with Crippen LogP contribution in [0.25, 0.3) is 11.3 Å². The molecule has 0 fully saturated rings. The molecule has 2 heteroatoms. The first-order valence-corrected chi connectivity index (χ1v) is 7.92. The van der Waals surface area contributed by atoms with Gasteiger partial charge in [-0.2, -0.15) is 0 Å². The second kappa shape index (κ2) is 9.10. The van der Waals surface area contributed by atoms with Gasteiger partial charge in [0.05, 0.1) is 12.8 Å². The summed E-state index contributed by atoms with van der Waals surface area (Å²) in [7, 11) is 1.61. The average molecular weight is 327 g/mol. The van der Waals surface area contributed by atoms with Crippen molar-refractivity contribution in [1.29, 1.82) is 0 Å². The molecule has 0 aliphatic carbocycles. The van der Waals surface area contributed by atoms with Crippen LogP contribution in [0.1, 0.15) is 23.7 Å². The molecule has 1 aromatic heterocycles. The fourth-order valence-corrected chi connectivity index (χ4v) is 2.06. The maximum Gasteiger partial charge on any atom is 0.118 e. The van der Waals surface area contributed by atoms with Crippen LogP contribution in [0.2, 0.25) is 0 Å². The van der Waals surface area contributed by atoms with Crippen LogP contribution >= 0.6 is 0 Å². The summed E-state index contributed by atoms with van der Waals surface area (Å²) >= 11 is 0. The van der Waals surface area contributed by atoms with Crippen LogP contribution in [0.15, 0.2) is 85.6 Å². The minimum Gasteiger partial charge on any atom is -0.497 e. The average Bonchev–Trinajstić information content (AvgIpc) is 2.68. The molecule has 0 saturated carbocycles. The minimum absolute atomic E-state index is 0.640. The molecule has 0 saturated heterocycles. The van der Waals surface area contributed by atoms with Crippen LogP contribution in [0.3, 0.4) is 0 Å². The molecule has 2 rings (SSSR count). The predicted octanol–water partition coefficient (Wildman–Crippen LogP) is 5.27. The largest absolute Gasteiger partial charge is 0.497 e. The van der Waals surface area contributed by atoms with E-state index in [1.165, 1.54) is 0 Å². The summed E-state index contributed by atoms with van der Waals surface area (Å²) in [6.07, 6.45) is 7.48. The van der Waals surface area contributed by atoms with Crippen LogP contribution in [0.5, 0.6) is 0 Å². The second-order valence-electron chi connectivity index (χ2n) is 5.35. The van der Waals surface area contributed by atoms with E-state index in [1.807, 2.05) is 61.5 Å². The van der Waals surface area contributed by atoms with E-state index < -0.39 is 0 Å². The van der Waals surface area contributed by atoms with Gasteiger partial charge < -0.3 is 4.74 Å². The second-order valence-corrected chi connectivity index (χ2v) is 5.35. The van der Waals surface area contributed by atoms with Gasteiger partial charge in [0.2, 0.25) is 0 Å². The van der Waals surface area contributed by atoms with Crippen LogP contribution in [0.4, 0.5) is 0 Å². The Morgan fingerprint density at radius 1 is 1.12 bits per heavy atom. The quantitative estimate of drug-likeness (QED) is 0.424. The van der Waals surface area contributed by atoms with E-state index in [4.69, 9.17) is 4.74 Å². The third-order valence-electron chi connectivity index (χ3n) is 3.61. The van der Waals surface area contributed by atoms with Crippen molar-refractivity contribution in [2.45, 2.75) is 6.92 Å². The Morgan fingerprint density at radius 3 is 2.48 bits per heavy atom. The molecule has 0 spiro atoms. The first-order valence-electron chi connectivity index (χ1n) is 7.92. The van der Waals surface area contributed by atoms with Crippen molar-refractivity contribution in [2.24, 2.45) is 0 Å². The number of ether oxygens (including phenoxy) is 1. The summed E-state index contributed by atoms with van der Waals surface area (Å²) in [5.41, 5.74) is 4.74. The predicted molar refractivity (Wildman–Crippen MR) is 106 cm³/mol. The molecule has 0 amide bonds. The molecule has 2 aromatic rings. The standard InChI is InChI=1S/C23H21NO/c1-5-20(10-9-18(2)23-8-6-7-17-24-23)11-12-21-13-15-22(16-14-21)19(3)25-4/h5-10,13-17H,1,3H2,2,4H3/b18-9+,20-10+. The van der Waals surface area contributed by atoms with E-state index in [2.05, 4.69) is 30.0 Å². The zero-order chi connectivity index (χ0) is 18.1. The number of nitrogens with zero attached hydrogens (tertiary/aromatic N) is 1.